The fourth-order valence-corrected chi connectivity index (χ4v) is 1.17. The monoisotopic (exact) mass is 138 g/mol. The van der Waals surface area contributed by atoms with E-state index in [0.717, 1.165) is 31.9 Å². The van der Waals surface area contributed by atoms with E-state index in [1.807, 2.05) is 4.68 Å². The van der Waals surface area contributed by atoms with E-state index in [0.29, 0.717) is 0 Å². The van der Waals surface area contributed by atoms with E-state index in [9.17, 15) is 0 Å². The SMILES string of the molecule is c1nc2n(n1)CCCNC2. The lowest BCUT2D eigenvalue weighted by atomic mass is 10.4. The van der Waals surface area contributed by atoms with E-state index >= 15 is 0 Å². The second kappa shape index (κ2) is 2.38. The first-order chi connectivity index (χ1) is 4.97. The predicted molar refractivity (Wildman–Crippen MR) is 36.3 cm³/mol. The summed E-state index contributed by atoms with van der Waals surface area (Å²) in [7, 11) is 0. The maximum absolute atomic E-state index is 4.11. The van der Waals surface area contributed by atoms with Crippen molar-refractivity contribution in [2.75, 3.05) is 6.54 Å². The molecule has 0 radical (unpaired) electrons. The second-order valence-corrected chi connectivity index (χ2v) is 2.43. The van der Waals surface area contributed by atoms with Gasteiger partial charge in [0.15, 0.2) is 0 Å². The Labute approximate surface area is 59.3 Å². The molecule has 0 atom stereocenters. The van der Waals surface area contributed by atoms with Gasteiger partial charge in [-0.1, -0.05) is 0 Å². The van der Waals surface area contributed by atoms with Crippen molar-refractivity contribution in [1.82, 2.24) is 20.1 Å². The van der Waals surface area contributed by atoms with E-state index in [2.05, 4.69) is 15.4 Å². The second-order valence-electron chi connectivity index (χ2n) is 2.43. The average Bonchev–Trinajstić information content (AvgIpc) is 2.28. The molecule has 0 spiro atoms. The van der Waals surface area contributed by atoms with Gasteiger partial charge in [0, 0.05) is 6.54 Å². The Morgan fingerprint density at radius 2 is 2.60 bits per heavy atom. The van der Waals surface area contributed by atoms with Crippen molar-refractivity contribution in [3.63, 3.8) is 0 Å². The van der Waals surface area contributed by atoms with E-state index in [1.165, 1.54) is 0 Å². The summed E-state index contributed by atoms with van der Waals surface area (Å²) in [6.07, 6.45) is 2.76. The third kappa shape index (κ3) is 0.903. The number of aromatic nitrogens is 3. The van der Waals surface area contributed by atoms with Gasteiger partial charge in [0.2, 0.25) is 0 Å². The van der Waals surface area contributed by atoms with Gasteiger partial charge in [0.05, 0.1) is 6.54 Å². The molecule has 1 aromatic heterocycles. The van der Waals surface area contributed by atoms with Crippen LogP contribution >= 0.6 is 0 Å². The van der Waals surface area contributed by atoms with Crippen molar-refractivity contribution >= 4 is 0 Å². The quantitative estimate of drug-likeness (QED) is 0.538. The highest BCUT2D eigenvalue weighted by Gasteiger charge is 2.06. The van der Waals surface area contributed by atoms with Gasteiger partial charge in [-0.3, -0.25) is 0 Å². The summed E-state index contributed by atoms with van der Waals surface area (Å²) in [4.78, 5) is 4.11. The minimum atomic E-state index is 0.861. The topological polar surface area (TPSA) is 42.7 Å². The predicted octanol–water partition coefficient (Wildman–Crippen LogP) is -0.229. The van der Waals surface area contributed by atoms with Gasteiger partial charge in [-0.2, -0.15) is 5.10 Å². The fraction of sp³-hybridized carbons (Fsp3) is 0.667. The van der Waals surface area contributed by atoms with Gasteiger partial charge in [-0.25, -0.2) is 9.67 Å². The number of hydrogen-bond acceptors (Lipinski definition) is 3. The average molecular weight is 138 g/mol. The number of hydrogen-bond donors (Lipinski definition) is 1. The summed E-state index contributed by atoms with van der Waals surface area (Å²) >= 11 is 0. The van der Waals surface area contributed by atoms with Crippen LogP contribution < -0.4 is 5.32 Å². The molecule has 1 aliphatic heterocycles. The highest BCUT2D eigenvalue weighted by atomic mass is 15.3. The first-order valence-corrected chi connectivity index (χ1v) is 3.54. The van der Waals surface area contributed by atoms with Crippen molar-refractivity contribution < 1.29 is 0 Å². The number of rotatable bonds is 0. The van der Waals surface area contributed by atoms with Crippen LogP contribution in [0.15, 0.2) is 6.33 Å². The summed E-state index contributed by atoms with van der Waals surface area (Å²) in [6.45, 7) is 2.94. The maximum atomic E-state index is 4.11. The van der Waals surface area contributed by atoms with Crippen LogP contribution in [0, 0.1) is 0 Å². The summed E-state index contributed by atoms with van der Waals surface area (Å²) in [6, 6.07) is 0. The molecule has 1 aliphatic rings. The molecule has 2 heterocycles. The minimum Gasteiger partial charge on any atom is -0.310 e. The van der Waals surface area contributed by atoms with Crippen molar-refractivity contribution in [3.8, 4) is 0 Å². The van der Waals surface area contributed by atoms with Crippen LogP contribution in [0.25, 0.3) is 0 Å². The molecule has 4 nitrogen and oxygen atoms in total. The zero-order valence-electron chi connectivity index (χ0n) is 5.75. The molecule has 0 saturated heterocycles. The lowest BCUT2D eigenvalue weighted by molar-refractivity contribution is 0.586. The maximum Gasteiger partial charge on any atom is 0.140 e. The number of nitrogens with zero attached hydrogens (tertiary/aromatic N) is 3. The van der Waals surface area contributed by atoms with Crippen molar-refractivity contribution in [2.24, 2.45) is 0 Å². The molecule has 0 fully saturated rings. The minimum absolute atomic E-state index is 0.861. The van der Waals surface area contributed by atoms with E-state index < -0.39 is 0 Å². The largest absolute Gasteiger partial charge is 0.310 e. The van der Waals surface area contributed by atoms with Gasteiger partial charge < -0.3 is 5.32 Å². The molecule has 10 heavy (non-hydrogen) atoms. The Balaban J connectivity index is 2.28. The summed E-state index contributed by atoms with van der Waals surface area (Å²) in [5.41, 5.74) is 0. The van der Waals surface area contributed by atoms with Crippen LogP contribution in [-0.4, -0.2) is 21.3 Å². The molecule has 0 aromatic carbocycles. The third-order valence-electron chi connectivity index (χ3n) is 1.70. The highest BCUT2D eigenvalue weighted by molar-refractivity contribution is 4.85. The van der Waals surface area contributed by atoms with Crippen LogP contribution in [0.4, 0.5) is 0 Å². The molecule has 0 bridgehead atoms. The van der Waals surface area contributed by atoms with Crippen LogP contribution in [0.3, 0.4) is 0 Å². The fourth-order valence-electron chi connectivity index (χ4n) is 1.17. The molecule has 0 aliphatic carbocycles. The summed E-state index contributed by atoms with van der Waals surface area (Å²) in [5, 5.41) is 7.35. The van der Waals surface area contributed by atoms with E-state index in [4.69, 9.17) is 0 Å². The van der Waals surface area contributed by atoms with Crippen molar-refractivity contribution in [3.05, 3.63) is 12.2 Å². The van der Waals surface area contributed by atoms with Crippen LogP contribution in [0.1, 0.15) is 12.2 Å². The van der Waals surface area contributed by atoms with Crippen LogP contribution in [0.5, 0.6) is 0 Å². The highest BCUT2D eigenvalue weighted by Crippen LogP contribution is 1.98. The molecule has 4 heteroatoms. The van der Waals surface area contributed by atoms with Crippen LogP contribution in [-0.2, 0) is 13.1 Å². The van der Waals surface area contributed by atoms with Crippen molar-refractivity contribution in [2.45, 2.75) is 19.5 Å². The summed E-state index contributed by atoms with van der Waals surface area (Å²) < 4.78 is 1.96. The van der Waals surface area contributed by atoms with Crippen LogP contribution in [0.2, 0.25) is 0 Å². The Bertz CT molecular complexity index is 197. The molecule has 0 amide bonds. The summed E-state index contributed by atoms with van der Waals surface area (Å²) in [5.74, 6) is 1.05. The third-order valence-corrected chi connectivity index (χ3v) is 1.70. The molecule has 0 unspecified atom stereocenters. The molecular formula is C6H10N4. The van der Waals surface area contributed by atoms with E-state index in [1.54, 1.807) is 6.33 Å². The zero-order valence-corrected chi connectivity index (χ0v) is 5.75. The lowest BCUT2D eigenvalue weighted by Gasteiger charge is -1.96. The molecule has 1 N–H and O–H groups in total. The van der Waals surface area contributed by atoms with Gasteiger partial charge in [-0.15, -0.1) is 0 Å². The van der Waals surface area contributed by atoms with Gasteiger partial charge in [-0.05, 0) is 13.0 Å². The Kier molecular flexibility index (Phi) is 1.39. The number of fused-ring (bicyclic) bond motifs is 1. The van der Waals surface area contributed by atoms with Gasteiger partial charge >= 0.3 is 0 Å². The molecular weight excluding hydrogens is 128 g/mol. The molecule has 2 rings (SSSR count). The molecule has 54 valence electrons. The number of aryl methyl sites for hydroxylation is 1. The molecule has 1 aromatic rings. The first kappa shape index (κ1) is 5.85. The number of nitrogens with one attached hydrogen (secondary N) is 1. The van der Waals surface area contributed by atoms with E-state index in [-0.39, 0.29) is 0 Å². The lowest BCUT2D eigenvalue weighted by Crippen LogP contribution is -2.12. The normalized spacial score (nSPS) is 18.0. The van der Waals surface area contributed by atoms with Gasteiger partial charge in [0.25, 0.3) is 0 Å². The van der Waals surface area contributed by atoms with Gasteiger partial charge in [0.1, 0.15) is 12.2 Å². The smallest absolute Gasteiger partial charge is 0.140 e. The zero-order chi connectivity index (χ0) is 6.81. The Morgan fingerprint density at radius 3 is 3.60 bits per heavy atom. The van der Waals surface area contributed by atoms with Crippen molar-refractivity contribution in [1.29, 1.82) is 0 Å². The molecule has 0 saturated carbocycles. The first-order valence-electron chi connectivity index (χ1n) is 3.54. The Morgan fingerprint density at radius 1 is 1.60 bits per heavy atom. The Hall–Kier alpha value is -0.900. The standard InChI is InChI=1S/C6H10N4/c1-2-7-4-6-8-5-9-10(6)3-1/h5,7H,1-4H2.